The zero-order chi connectivity index (χ0) is 34.2. The summed E-state index contributed by atoms with van der Waals surface area (Å²) >= 11 is 0. The first kappa shape index (κ1) is 37.8. The highest BCUT2D eigenvalue weighted by Gasteiger charge is 2.53. The molecule has 0 amide bonds. The Balaban J connectivity index is 1.96. The van der Waals surface area contributed by atoms with E-state index in [-0.39, 0.29) is 22.4 Å². The second kappa shape index (κ2) is 15.7. The van der Waals surface area contributed by atoms with Gasteiger partial charge < -0.3 is 20.4 Å². The Kier molecular flexibility index (Phi) is 13.2. The van der Waals surface area contributed by atoms with Gasteiger partial charge in [-0.05, 0) is 76.0 Å². The van der Waals surface area contributed by atoms with Crippen LogP contribution in [0.4, 0.5) is 0 Å². The number of aliphatic hydroxyl groups is 4. The standard InChI is InChI=1S/C40H54O5/c1-27(17-13-18-29(3)21-22-33-31(5)37(45)35(43)26-38(33,6)7)15-11-12-16-28(2)19-14-20-30(4)34(42)23-36(44)40(10)25-32(41)24-39(40,8)9/h11-20,23,32,35,37,41-43,45H,24-26H2,1-10H3. The Morgan fingerprint density at radius 3 is 1.89 bits per heavy atom. The first-order valence-electron chi connectivity index (χ1n) is 15.8. The highest BCUT2D eigenvalue weighted by molar-refractivity contribution is 5.96. The van der Waals surface area contributed by atoms with Crippen LogP contribution in [0.1, 0.15) is 88.5 Å². The van der Waals surface area contributed by atoms with Crippen molar-refractivity contribution >= 4 is 5.78 Å². The summed E-state index contributed by atoms with van der Waals surface area (Å²) in [5.74, 6) is 6.20. The predicted molar refractivity (Wildman–Crippen MR) is 186 cm³/mol. The number of ketones is 1. The van der Waals surface area contributed by atoms with Gasteiger partial charge in [0.25, 0.3) is 0 Å². The van der Waals surface area contributed by atoms with Crippen LogP contribution in [-0.4, -0.2) is 44.5 Å². The normalized spacial score (nSPS) is 28.4. The first-order chi connectivity index (χ1) is 20.8. The summed E-state index contributed by atoms with van der Waals surface area (Å²) in [5.41, 5.74) is 3.90. The van der Waals surface area contributed by atoms with E-state index >= 15 is 0 Å². The molecular weight excluding hydrogens is 560 g/mol. The van der Waals surface area contributed by atoms with Crippen LogP contribution in [0.3, 0.4) is 0 Å². The molecule has 0 bridgehead atoms. The lowest BCUT2D eigenvalue weighted by Gasteiger charge is -2.37. The van der Waals surface area contributed by atoms with Gasteiger partial charge >= 0.3 is 0 Å². The molecule has 0 aromatic rings. The summed E-state index contributed by atoms with van der Waals surface area (Å²) in [4.78, 5) is 13.0. The minimum atomic E-state index is -0.862. The van der Waals surface area contributed by atoms with Crippen LogP contribution in [0.25, 0.3) is 0 Å². The van der Waals surface area contributed by atoms with Crippen molar-refractivity contribution in [2.75, 3.05) is 0 Å². The van der Waals surface area contributed by atoms with Crippen LogP contribution < -0.4 is 0 Å². The summed E-state index contributed by atoms with van der Waals surface area (Å²) in [6, 6.07) is 0. The number of hydrogen-bond acceptors (Lipinski definition) is 5. The van der Waals surface area contributed by atoms with Crippen LogP contribution in [0.15, 0.2) is 106 Å². The second-order valence-electron chi connectivity index (χ2n) is 14.2. The van der Waals surface area contributed by atoms with E-state index in [9.17, 15) is 25.2 Å². The van der Waals surface area contributed by atoms with Crippen molar-refractivity contribution in [1.29, 1.82) is 0 Å². The molecule has 0 aromatic heterocycles. The Morgan fingerprint density at radius 2 is 1.36 bits per heavy atom. The third kappa shape index (κ3) is 10.3. The third-order valence-corrected chi connectivity index (χ3v) is 9.32. The van der Waals surface area contributed by atoms with E-state index in [1.807, 2.05) is 117 Å². The van der Waals surface area contributed by atoms with Gasteiger partial charge in [0.1, 0.15) is 11.9 Å². The summed E-state index contributed by atoms with van der Waals surface area (Å²) in [6.07, 6.45) is 20.0. The molecule has 4 atom stereocenters. The summed E-state index contributed by atoms with van der Waals surface area (Å²) in [5, 5.41) is 41.0. The van der Waals surface area contributed by atoms with Gasteiger partial charge in [0, 0.05) is 22.5 Å². The minimum Gasteiger partial charge on any atom is -0.508 e. The smallest absolute Gasteiger partial charge is 0.165 e. The zero-order valence-corrected chi connectivity index (χ0v) is 28.9. The monoisotopic (exact) mass is 614 g/mol. The van der Waals surface area contributed by atoms with Crippen LogP contribution in [0.2, 0.25) is 0 Å². The average Bonchev–Trinajstić information content (AvgIpc) is 3.15. The molecular formula is C40H54O5. The molecule has 5 nitrogen and oxygen atoms in total. The molecule has 2 aliphatic carbocycles. The highest BCUT2D eigenvalue weighted by atomic mass is 16.3. The number of carbonyl (C=O) groups excluding carboxylic acids is 1. The van der Waals surface area contributed by atoms with Crippen molar-refractivity contribution in [2.24, 2.45) is 16.2 Å². The summed E-state index contributed by atoms with van der Waals surface area (Å²) < 4.78 is 0. The van der Waals surface area contributed by atoms with E-state index in [1.165, 1.54) is 6.08 Å². The fourth-order valence-corrected chi connectivity index (χ4v) is 5.94. The molecule has 1 saturated carbocycles. The molecule has 0 aliphatic heterocycles. The number of carbonyl (C=O) groups is 1. The summed E-state index contributed by atoms with van der Waals surface area (Å²) in [7, 11) is 0. The largest absolute Gasteiger partial charge is 0.508 e. The van der Waals surface area contributed by atoms with Gasteiger partial charge in [-0.25, -0.2) is 0 Å². The lowest BCUT2D eigenvalue weighted by Crippen LogP contribution is -2.39. The van der Waals surface area contributed by atoms with Gasteiger partial charge in [-0.3, -0.25) is 4.79 Å². The highest BCUT2D eigenvalue weighted by Crippen LogP contribution is 2.53. The third-order valence-electron chi connectivity index (χ3n) is 9.32. The maximum atomic E-state index is 13.0. The number of rotatable bonds is 9. The van der Waals surface area contributed by atoms with E-state index in [2.05, 4.69) is 11.8 Å². The van der Waals surface area contributed by atoms with Crippen molar-refractivity contribution in [2.45, 2.75) is 107 Å². The van der Waals surface area contributed by atoms with Gasteiger partial charge in [0.15, 0.2) is 5.78 Å². The Labute approximate surface area is 271 Å². The van der Waals surface area contributed by atoms with Gasteiger partial charge in [0.2, 0.25) is 0 Å². The summed E-state index contributed by atoms with van der Waals surface area (Å²) in [6.45, 7) is 19.5. The predicted octanol–water partition coefficient (Wildman–Crippen LogP) is 8.11. The van der Waals surface area contributed by atoms with Crippen LogP contribution in [-0.2, 0) is 4.79 Å². The fraction of sp³-hybridized carbons (Fsp3) is 0.475. The SMILES string of the molecule is CC(C#CC1=C(C)C(O)C(O)CC1(C)C)=CC=CC(C)=CC=CC=C(C)C=CC=C(C)C(O)=CC(=O)C1(C)CC(O)CC1(C)C. The molecule has 4 N–H and O–H groups in total. The maximum absolute atomic E-state index is 13.0. The molecule has 0 spiro atoms. The number of aliphatic hydroxyl groups excluding tert-OH is 4. The van der Waals surface area contributed by atoms with E-state index in [0.29, 0.717) is 24.8 Å². The van der Waals surface area contributed by atoms with Gasteiger partial charge in [-0.1, -0.05) is 118 Å². The Hall–Kier alpha value is -3.43. The number of allylic oxidation sites excluding steroid dienone is 16. The van der Waals surface area contributed by atoms with Gasteiger partial charge in [0.05, 0.1) is 12.2 Å². The molecule has 0 heterocycles. The van der Waals surface area contributed by atoms with Crippen LogP contribution in [0.5, 0.6) is 0 Å². The molecule has 5 heteroatoms. The van der Waals surface area contributed by atoms with Crippen molar-refractivity contribution in [3.63, 3.8) is 0 Å². The van der Waals surface area contributed by atoms with Crippen LogP contribution >= 0.6 is 0 Å². The average molecular weight is 615 g/mol. The topological polar surface area (TPSA) is 98.0 Å². The Bertz CT molecular complexity index is 1450. The zero-order valence-electron chi connectivity index (χ0n) is 28.9. The maximum Gasteiger partial charge on any atom is 0.165 e. The quantitative estimate of drug-likeness (QED) is 0.0910. The Morgan fingerprint density at radius 1 is 0.800 bits per heavy atom. The number of hydrogen-bond donors (Lipinski definition) is 4. The minimum absolute atomic E-state index is 0.0587. The van der Waals surface area contributed by atoms with Crippen molar-refractivity contribution in [1.82, 2.24) is 0 Å². The fourth-order valence-electron chi connectivity index (χ4n) is 5.94. The molecule has 0 saturated heterocycles. The van der Waals surface area contributed by atoms with Crippen LogP contribution in [0, 0.1) is 28.1 Å². The first-order valence-corrected chi connectivity index (χ1v) is 15.8. The lowest BCUT2D eigenvalue weighted by atomic mass is 9.66. The molecule has 0 aromatic carbocycles. The van der Waals surface area contributed by atoms with Crippen molar-refractivity contribution in [3.8, 4) is 11.8 Å². The molecule has 45 heavy (non-hydrogen) atoms. The molecule has 0 radical (unpaired) electrons. The van der Waals surface area contributed by atoms with Gasteiger partial charge in [-0.2, -0.15) is 0 Å². The van der Waals surface area contributed by atoms with E-state index < -0.39 is 23.7 Å². The van der Waals surface area contributed by atoms with Crippen molar-refractivity contribution in [3.05, 3.63) is 106 Å². The molecule has 4 unspecified atom stereocenters. The molecule has 1 fully saturated rings. The second-order valence-corrected chi connectivity index (χ2v) is 14.2. The van der Waals surface area contributed by atoms with Gasteiger partial charge in [-0.15, -0.1) is 0 Å². The van der Waals surface area contributed by atoms with E-state index in [4.69, 9.17) is 0 Å². The molecule has 2 rings (SSSR count). The lowest BCUT2D eigenvalue weighted by molar-refractivity contribution is -0.127. The molecule has 2 aliphatic rings. The van der Waals surface area contributed by atoms with E-state index in [0.717, 1.165) is 27.9 Å². The van der Waals surface area contributed by atoms with E-state index in [1.54, 1.807) is 13.0 Å². The van der Waals surface area contributed by atoms with Crippen molar-refractivity contribution < 1.29 is 25.2 Å². The molecule has 244 valence electrons.